The highest BCUT2D eigenvalue weighted by Crippen LogP contribution is 2.21. The van der Waals surface area contributed by atoms with Crippen molar-refractivity contribution < 1.29 is 0 Å². The van der Waals surface area contributed by atoms with Crippen LogP contribution in [0.4, 0.5) is 0 Å². The van der Waals surface area contributed by atoms with Crippen molar-refractivity contribution in [2.75, 3.05) is 19.6 Å². The minimum atomic E-state index is 0.572. The van der Waals surface area contributed by atoms with Crippen LogP contribution in [0.3, 0.4) is 0 Å². The molecule has 0 spiro atoms. The molecule has 0 amide bonds. The van der Waals surface area contributed by atoms with Crippen LogP contribution in [0, 0.1) is 0 Å². The molecule has 2 N–H and O–H groups in total. The van der Waals surface area contributed by atoms with E-state index in [1.165, 1.54) is 24.1 Å². The highest BCUT2D eigenvalue weighted by atomic mass is 15.3. The fourth-order valence-corrected chi connectivity index (χ4v) is 2.61. The van der Waals surface area contributed by atoms with E-state index in [9.17, 15) is 0 Å². The molecule has 0 radical (unpaired) electrons. The zero-order valence-corrected chi connectivity index (χ0v) is 9.00. The molecule has 4 heteroatoms. The highest BCUT2D eigenvalue weighted by molar-refractivity contribution is 5.21. The number of fused-ring (bicyclic) bond motifs is 1. The molecule has 3 heterocycles. The lowest BCUT2D eigenvalue weighted by molar-refractivity contribution is 0.335. The molecular formula is C11H18N4. The van der Waals surface area contributed by atoms with Crippen LogP contribution in [0.15, 0.2) is 6.20 Å². The molecule has 3 rings (SSSR count). The molecule has 0 saturated carbocycles. The van der Waals surface area contributed by atoms with Crippen LogP contribution in [0.5, 0.6) is 0 Å². The Morgan fingerprint density at radius 2 is 2.33 bits per heavy atom. The van der Waals surface area contributed by atoms with E-state index in [0.717, 1.165) is 32.6 Å². The third kappa shape index (κ3) is 1.68. The fourth-order valence-electron chi connectivity index (χ4n) is 2.61. The van der Waals surface area contributed by atoms with Crippen LogP contribution in [0.1, 0.15) is 30.1 Å². The molecule has 0 aromatic carbocycles. The van der Waals surface area contributed by atoms with Gasteiger partial charge in [0.2, 0.25) is 0 Å². The minimum absolute atomic E-state index is 0.572. The summed E-state index contributed by atoms with van der Waals surface area (Å²) >= 11 is 0. The Bertz CT molecular complexity index is 338. The molecule has 2 aliphatic heterocycles. The van der Waals surface area contributed by atoms with Crippen molar-refractivity contribution >= 4 is 0 Å². The van der Waals surface area contributed by atoms with E-state index in [0.29, 0.717) is 6.04 Å². The number of piperidine rings is 1. The Morgan fingerprint density at radius 3 is 3.20 bits per heavy atom. The molecule has 1 fully saturated rings. The maximum atomic E-state index is 4.56. The minimum Gasteiger partial charge on any atom is -0.315 e. The molecule has 15 heavy (non-hydrogen) atoms. The van der Waals surface area contributed by atoms with E-state index in [-0.39, 0.29) is 0 Å². The molecule has 1 aromatic rings. The van der Waals surface area contributed by atoms with Gasteiger partial charge in [-0.3, -0.25) is 4.68 Å². The van der Waals surface area contributed by atoms with Gasteiger partial charge in [0.25, 0.3) is 0 Å². The van der Waals surface area contributed by atoms with E-state index < -0.39 is 0 Å². The van der Waals surface area contributed by atoms with Gasteiger partial charge in [-0.05, 0) is 37.9 Å². The number of rotatable bonds is 1. The first-order chi connectivity index (χ1) is 7.45. The van der Waals surface area contributed by atoms with E-state index in [2.05, 4.69) is 26.6 Å². The van der Waals surface area contributed by atoms with Crippen molar-refractivity contribution in [1.29, 1.82) is 0 Å². The van der Waals surface area contributed by atoms with Gasteiger partial charge in [-0.2, -0.15) is 5.10 Å². The van der Waals surface area contributed by atoms with Gasteiger partial charge in [0.05, 0.1) is 17.9 Å². The Hall–Kier alpha value is -0.870. The van der Waals surface area contributed by atoms with Crippen molar-refractivity contribution in [3.05, 3.63) is 17.5 Å². The van der Waals surface area contributed by atoms with Crippen molar-refractivity contribution in [2.24, 2.45) is 0 Å². The van der Waals surface area contributed by atoms with E-state index >= 15 is 0 Å². The molecule has 2 aliphatic rings. The highest BCUT2D eigenvalue weighted by Gasteiger charge is 2.21. The first-order valence-electron chi connectivity index (χ1n) is 5.92. The predicted molar refractivity (Wildman–Crippen MR) is 58.8 cm³/mol. The second-order valence-corrected chi connectivity index (χ2v) is 4.49. The van der Waals surface area contributed by atoms with Crippen LogP contribution >= 0.6 is 0 Å². The lowest BCUT2D eigenvalue weighted by Gasteiger charge is -2.26. The molecule has 0 bridgehead atoms. The summed E-state index contributed by atoms with van der Waals surface area (Å²) in [6, 6.07) is 0.572. The average molecular weight is 206 g/mol. The lowest BCUT2D eigenvalue weighted by atomic mass is 10.1. The van der Waals surface area contributed by atoms with Crippen molar-refractivity contribution in [2.45, 2.75) is 31.8 Å². The Morgan fingerprint density at radius 1 is 1.33 bits per heavy atom. The van der Waals surface area contributed by atoms with Gasteiger partial charge in [0, 0.05) is 13.1 Å². The van der Waals surface area contributed by atoms with Gasteiger partial charge in [0.15, 0.2) is 0 Å². The van der Waals surface area contributed by atoms with Gasteiger partial charge in [-0.15, -0.1) is 0 Å². The molecule has 1 aromatic heterocycles. The van der Waals surface area contributed by atoms with E-state index in [4.69, 9.17) is 0 Å². The van der Waals surface area contributed by atoms with E-state index in [1.807, 2.05) is 0 Å². The summed E-state index contributed by atoms with van der Waals surface area (Å²) in [6.45, 7) is 4.33. The zero-order chi connectivity index (χ0) is 10.1. The quantitative estimate of drug-likeness (QED) is 0.701. The van der Waals surface area contributed by atoms with Gasteiger partial charge in [-0.1, -0.05) is 0 Å². The Balaban J connectivity index is 1.87. The number of nitrogens with one attached hydrogen (secondary N) is 2. The second-order valence-electron chi connectivity index (χ2n) is 4.49. The summed E-state index contributed by atoms with van der Waals surface area (Å²) in [4.78, 5) is 0. The summed E-state index contributed by atoms with van der Waals surface area (Å²) < 4.78 is 2.24. The van der Waals surface area contributed by atoms with Gasteiger partial charge < -0.3 is 10.6 Å². The van der Waals surface area contributed by atoms with Gasteiger partial charge >= 0.3 is 0 Å². The maximum Gasteiger partial charge on any atom is 0.0647 e. The molecular weight excluding hydrogens is 188 g/mol. The fraction of sp³-hybridized carbons (Fsp3) is 0.727. The molecule has 0 aliphatic carbocycles. The molecule has 82 valence electrons. The van der Waals surface area contributed by atoms with Crippen LogP contribution in [-0.4, -0.2) is 29.4 Å². The SMILES string of the molecule is c1nn(C2CCCNC2)c2c1CCNC2. The standard InChI is InChI=1S/C11H18N4/c1-2-10(7-12-4-1)15-11-8-13-5-3-9(11)6-14-15/h6,10,12-13H,1-5,7-8H2. The first-order valence-corrected chi connectivity index (χ1v) is 5.92. The van der Waals surface area contributed by atoms with E-state index in [1.54, 1.807) is 0 Å². The third-order valence-electron chi connectivity index (χ3n) is 3.47. The normalized spacial score (nSPS) is 26.3. The Kier molecular flexibility index (Phi) is 2.46. The topological polar surface area (TPSA) is 41.9 Å². The number of hydrogen-bond acceptors (Lipinski definition) is 3. The van der Waals surface area contributed by atoms with Crippen LogP contribution in [0.2, 0.25) is 0 Å². The molecule has 1 atom stereocenters. The number of hydrogen-bond donors (Lipinski definition) is 2. The number of aromatic nitrogens is 2. The molecule has 1 saturated heterocycles. The van der Waals surface area contributed by atoms with Crippen molar-refractivity contribution in [3.63, 3.8) is 0 Å². The summed E-state index contributed by atoms with van der Waals surface area (Å²) in [6.07, 6.45) is 5.73. The summed E-state index contributed by atoms with van der Waals surface area (Å²) in [5.74, 6) is 0. The second kappa shape index (κ2) is 3.94. The molecule has 4 nitrogen and oxygen atoms in total. The van der Waals surface area contributed by atoms with Gasteiger partial charge in [0.1, 0.15) is 0 Å². The summed E-state index contributed by atoms with van der Waals surface area (Å²) in [5, 5.41) is 11.4. The van der Waals surface area contributed by atoms with Gasteiger partial charge in [-0.25, -0.2) is 0 Å². The Labute approximate surface area is 90.0 Å². The summed E-state index contributed by atoms with van der Waals surface area (Å²) in [5.41, 5.74) is 2.86. The lowest BCUT2D eigenvalue weighted by Crippen LogP contribution is -2.34. The van der Waals surface area contributed by atoms with Crippen molar-refractivity contribution in [3.8, 4) is 0 Å². The predicted octanol–water partition coefficient (Wildman–Crippen LogP) is 0.453. The molecule has 1 unspecified atom stereocenters. The largest absolute Gasteiger partial charge is 0.315 e. The monoisotopic (exact) mass is 206 g/mol. The summed E-state index contributed by atoms with van der Waals surface area (Å²) in [7, 11) is 0. The van der Waals surface area contributed by atoms with Crippen LogP contribution in [0.25, 0.3) is 0 Å². The number of nitrogens with zero attached hydrogens (tertiary/aromatic N) is 2. The van der Waals surface area contributed by atoms with Crippen LogP contribution < -0.4 is 10.6 Å². The zero-order valence-electron chi connectivity index (χ0n) is 9.00. The first kappa shape index (κ1) is 9.36. The maximum absolute atomic E-state index is 4.56. The van der Waals surface area contributed by atoms with Crippen molar-refractivity contribution in [1.82, 2.24) is 20.4 Å². The van der Waals surface area contributed by atoms with Crippen LogP contribution in [-0.2, 0) is 13.0 Å². The smallest absolute Gasteiger partial charge is 0.0647 e. The third-order valence-corrected chi connectivity index (χ3v) is 3.47. The average Bonchev–Trinajstić information content (AvgIpc) is 2.74.